The zero-order valence-electron chi connectivity index (χ0n) is 13.0. The van der Waals surface area contributed by atoms with Gasteiger partial charge in [0.25, 0.3) is 0 Å². The van der Waals surface area contributed by atoms with E-state index in [1.807, 2.05) is 0 Å². The molecule has 4 nitrogen and oxygen atoms in total. The number of pyridine rings is 1. The second kappa shape index (κ2) is 6.24. The largest absolute Gasteiger partial charge is 0.324 e. The van der Waals surface area contributed by atoms with Crippen LogP contribution in [0, 0.1) is 17.0 Å². The summed E-state index contributed by atoms with van der Waals surface area (Å²) in [4.78, 5) is 28.4. The SMILES string of the molecule is CC(C)(C)C(=O)Nc1cnccc1C(=O)c1ccc(F)cc1F. The highest BCUT2D eigenvalue weighted by Crippen LogP contribution is 2.23. The predicted molar refractivity (Wildman–Crippen MR) is 82.1 cm³/mol. The minimum absolute atomic E-state index is 0.0862. The molecule has 0 radical (unpaired) electrons. The maximum absolute atomic E-state index is 13.8. The van der Waals surface area contributed by atoms with Crippen LogP contribution in [0.2, 0.25) is 0 Å². The van der Waals surface area contributed by atoms with Crippen molar-refractivity contribution in [3.05, 3.63) is 59.4 Å². The summed E-state index contributed by atoms with van der Waals surface area (Å²) in [6.45, 7) is 5.17. The normalized spacial score (nSPS) is 11.2. The van der Waals surface area contributed by atoms with E-state index in [2.05, 4.69) is 10.3 Å². The molecule has 0 aliphatic carbocycles. The summed E-state index contributed by atoms with van der Waals surface area (Å²) in [5.74, 6) is -2.69. The van der Waals surface area contributed by atoms with Crippen molar-refractivity contribution in [2.45, 2.75) is 20.8 Å². The Morgan fingerprint density at radius 2 is 1.78 bits per heavy atom. The number of hydrogen-bond acceptors (Lipinski definition) is 3. The molecule has 0 aliphatic rings. The van der Waals surface area contributed by atoms with Gasteiger partial charge in [-0.3, -0.25) is 14.6 Å². The number of aromatic nitrogens is 1. The van der Waals surface area contributed by atoms with Gasteiger partial charge in [0, 0.05) is 23.2 Å². The first-order valence-electron chi connectivity index (χ1n) is 6.95. The fourth-order valence-electron chi connectivity index (χ4n) is 1.82. The number of halogens is 2. The molecule has 0 unspecified atom stereocenters. The molecule has 1 amide bonds. The molecule has 1 aromatic heterocycles. The lowest BCUT2D eigenvalue weighted by atomic mass is 9.95. The summed E-state index contributed by atoms with van der Waals surface area (Å²) in [6.07, 6.45) is 2.68. The van der Waals surface area contributed by atoms with Crippen LogP contribution in [0.15, 0.2) is 36.7 Å². The van der Waals surface area contributed by atoms with E-state index < -0.39 is 22.8 Å². The minimum Gasteiger partial charge on any atom is -0.324 e. The van der Waals surface area contributed by atoms with Crippen LogP contribution in [0.4, 0.5) is 14.5 Å². The van der Waals surface area contributed by atoms with Crippen molar-refractivity contribution in [1.82, 2.24) is 4.98 Å². The number of anilines is 1. The smallest absolute Gasteiger partial charge is 0.229 e. The van der Waals surface area contributed by atoms with Crippen LogP contribution >= 0.6 is 0 Å². The number of hydrogen-bond donors (Lipinski definition) is 1. The second-order valence-corrected chi connectivity index (χ2v) is 6.08. The maximum Gasteiger partial charge on any atom is 0.229 e. The first-order chi connectivity index (χ1) is 10.7. The zero-order chi connectivity index (χ0) is 17.2. The Labute approximate surface area is 132 Å². The predicted octanol–water partition coefficient (Wildman–Crippen LogP) is 3.58. The first kappa shape index (κ1) is 16.7. The quantitative estimate of drug-likeness (QED) is 0.880. The molecule has 0 saturated heterocycles. The van der Waals surface area contributed by atoms with E-state index in [9.17, 15) is 18.4 Å². The molecule has 2 rings (SSSR count). The fraction of sp³-hybridized carbons (Fsp3) is 0.235. The highest BCUT2D eigenvalue weighted by Gasteiger charge is 2.24. The van der Waals surface area contributed by atoms with Crippen LogP contribution in [0.5, 0.6) is 0 Å². The third-order valence-electron chi connectivity index (χ3n) is 3.17. The molecule has 1 heterocycles. The zero-order valence-corrected chi connectivity index (χ0v) is 13.0. The van der Waals surface area contributed by atoms with Gasteiger partial charge in [-0.2, -0.15) is 0 Å². The third-order valence-corrected chi connectivity index (χ3v) is 3.17. The van der Waals surface area contributed by atoms with Gasteiger partial charge in [-0.1, -0.05) is 20.8 Å². The van der Waals surface area contributed by atoms with Gasteiger partial charge in [-0.05, 0) is 18.2 Å². The standard InChI is InChI=1S/C17H16F2N2O2/c1-17(2,3)16(23)21-14-9-20-7-6-12(14)15(22)11-5-4-10(18)8-13(11)19/h4-9H,1-3H3,(H,21,23). The van der Waals surface area contributed by atoms with Crippen LogP contribution in [-0.4, -0.2) is 16.7 Å². The molecule has 0 fully saturated rings. The molecular weight excluding hydrogens is 302 g/mol. The van der Waals surface area contributed by atoms with Gasteiger partial charge in [0.05, 0.1) is 17.4 Å². The topological polar surface area (TPSA) is 59.1 Å². The molecule has 0 saturated carbocycles. The highest BCUT2D eigenvalue weighted by atomic mass is 19.1. The van der Waals surface area contributed by atoms with Gasteiger partial charge >= 0.3 is 0 Å². The molecule has 0 bridgehead atoms. The number of benzene rings is 1. The number of amides is 1. The van der Waals surface area contributed by atoms with E-state index in [0.717, 1.165) is 12.1 Å². The fourth-order valence-corrected chi connectivity index (χ4v) is 1.82. The van der Waals surface area contributed by atoms with Crippen LogP contribution in [0.3, 0.4) is 0 Å². The molecule has 0 atom stereocenters. The summed E-state index contributed by atoms with van der Waals surface area (Å²) < 4.78 is 26.8. The minimum atomic E-state index is -0.958. The Balaban J connectivity index is 2.40. The van der Waals surface area contributed by atoms with Crippen molar-refractivity contribution in [1.29, 1.82) is 0 Å². The lowest BCUT2D eigenvalue weighted by Gasteiger charge is -2.18. The summed E-state index contributed by atoms with van der Waals surface area (Å²) in [6, 6.07) is 4.10. The molecule has 1 N–H and O–H groups in total. The molecule has 6 heteroatoms. The van der Waals surface area contributed by atoms with Gasteiger partial charge in [0.15, 0.2) is 5.78 Å². The van der Waals surface area contributed by atoms with Gasteiger partial charge in [0.2, 0.25) is 5.91 Å². The van der Waals surface area contributed by atoms with Gasteiger partial charge in [-0.15, -0.1) is 0 Å². The molecule has 0 spiro atoms. The van der Waals surface area contributed by atoms with E-state index in [4.69, 9.17) is 0 Å². The maximum atomic E-state index is 13.8. The molecule has 1 aromatic carbocycles. The van der Waals surface area contributed by atoms with Crippen LogP contribution in [0.25, 0.3) is 0 Å². The van der Waals surface area contributed by atoms with Crippen molar-refractivity contribution >= 4 is 17.4 Å². The van der Waals surface area contributed by atoms with Gasteiger partial charge < -0.3 is 5.32 Å². The van der Waals surface area contributed by atoms with E-state index in [1.54, 1.807) is 20.8 Å². The molecule has 23 heavy (non-hydrogen) atoms. The number of carbonyl (C=O) groups excluding carboxylic acids is 2. The van der Waals surface area contributed by atoms with Crippen molar-refractivity contribution in [2.24, 2.45) is 5.41 Å². The second-order valence-electron chi connectivity index (χ2n) is 6.08. The van der Waals surface area contributed by atoms with E-state index in [1.165, 1.54) is 18.5 Å². The Bertz CT molecular complexity index is 767. The number of nitrogens with one attached hydrogen (secondary N) is 1. The number of ketones is 1. The van der Waals surface area contributed by atoms with Crippen molar-refractivity contribution in [3.8, 4) is 0 Å². The van der Waals surface area contributed by atoms with Gasteiger partial charge in [0.1, 0.15) is 11.6 Å². The Morgan fingerprint density at radius 3 is 2.39 bits per heavy atom. The Hall–Kier alpha value is -2.63. The van der Waals surface area contributed by atoms with Gasteiger partial charge in [-0.25, -0.2) is 8.78 Å². The van der Waals surface area contributed by atoms with E-state index >= 15 is 0 Å². The molecule has 0 aliphatic heterocycles. The highest BCUT2D eigenvalue weighted by molar-refractivity contribution is 6.14. The Kier molecular flexibility index (Phi) is 4.54. The first-order valence-corrected chi connectivity index (χ1v) is 6.95. The van der Waals surface area contributed by atoms with Crippen molar-refractivity contribution in [2.75, 3.05) is 5.32 Å². The Morgan fingerprint density at radius 1 is 1.09 bits per heavy atom. The summed E-state index contributed by atoms with van der Waals surface area (Å²) in [7, 11) is 0. The van der Waals surface area contributed by atoms with Crippen molar-refractivity contribution in [3.63, 3.8) is 0 Å². The summed E-state index contributed by atoms with van der Waals surface area (Å²) >= 11 is 0. The monoisotopic (exact) mass is 318 g/mol. The van der Waals surface area contributed by atoms with Crippen LogP contribution in [0.1, 0.15) is 36.7 Å². The molecular formula is C17H16F2N2O2. The van der Waals surface area contributed by atoms with E-state index in [0.29, 0.717) is 6.07 Å². The average molecular weight is 318 g/mol. The summed E-state index contributed by atoms with van der Waals surface area (Å²) in [5.41, 5.74) is -0.676. The lowest BCUT2D eigenvalue weighted by molar-refractivity contribution is -0.123. The number of rotatable bonds is 3. The van der Waals surface area contributed by atoms with Crippen molar-refractivity contribution < 1.29 is 18.4 Å². The average Bonchev–Trinajstić information content (AvgIpc) is 2.46. The third kappa shape index (κ3) is 3.77. The van der Waals surface area contributed by atoms with E-state index in [-0.39, 0.29) is 22.7 Å². The number of carbonyl (C=O) groups is 2. The van der Waals surface area contributed by atoms with Crippen LogP contribution < -0.4 is 5.32 Å². The molecule has 2 aromatic rings. The summed E-state index contributed by atoms with van der Waals surface area (Å²) in [5, 5.41) is 2.61. The lowest BCUT2D eigenvalue weighted by Crippen LogP contribution is -2.28. The number of nitrogens with zero attached hydrogens (tertiary/aromatic N) is 1. The van der Waals surface area contributed by atoms with Crippen LogP contribution in [-0.2, 0) is 4.79 Å². The molecule has 120 valence electrons.